The van der Waals surface area contributed by atoms with Gasteiger partial charge >= 0.3 is 30.2 Å². The van der Waals surface area contributed by atoms with Crippen molar-refractivity contribution in [3.05, 3.63) is 0 Å². The number of halogens is 8. The third-order valence-electron chi connectivity index (χ3n) is 1.25. The quantitative estimate of drug-likeness (QED) is 0.341. The van der Waals surface area contributed by atoms with Crippen LogP contribution in [0.5, 0.6) is 0 Å². The second-order valence-corrected chi connectivity index (χ2v) is 2.59. The van der Waals surface area contributed by atoms with Gasteiger partial charge in [0.05, 0.1) is 0 Å². The third-order valence-corrected chi connectivity index (χ3v) is 1.25. The van der Waals surface area contributed by atoms with E-state index in [0.717, 1.165) is 0 Å². The molecule has 0 amide bonds. The number of hydrogen-bond donors (Lipinski definition) is 0. The number of carbonyl (C=O) groups is 2. The lowest BCUT2D eigenvalue weighted by Gasteiger charge is -2.26. The maximum absolute atomic E-state index is 12.3. The molecule has 0 aromatic carbocycles. The lowest BCUT2D eigenvalue weighted by Crippen LogP contribution is -2.54. The predicted octanol–water partition coefficient (Wildman–Crippen LogP) is 2.21. The molecular weight excluding hydrogens is 272 g/mol. The molecule has 0 N–H and O–H groups in total. The maximum Gasteiger partial charge on any atom is 0.476 e. The van der Waals surface area contributed by atoms with E-state index < -0.39 is 36.6 Å². The van der Waals surface area contributed by atoms with Gasteiger partial charge in [0.15, 0.2) is 0 Å². The third kappa shape index (κ3) is 3.53. The molecule has 3 nitrogen and oxygen atoms in total. The van der Waals surface area contributed by atoms with E-state index in [2.05, 4.69) is 4.74 Å². The summed E-state index contributed by atoms with van der Waals surface area (Å²) in [6.45, 7) is 0. The zero-order chi connectivity index (χ0) is 14.1. The second-order valence-electron chi connectivity index (χ2n) is 2.59. The standard InChI is InChI=1S/C6H2F8O3/c7-2(15)1-3(16)17-6(13,14)4(8,9)5(10,11)12/h1H2. The molecule has 0 bridgehead atoms. The molecule has 0 spiro atoms. The summed E-state index contributed by atoms with van der Waals surface area (Å²) in [4.78, 5) is 19.7. The summed E-state index contributed by atoms with van der Waals surface area (Å²) < 4.78 is 97.0. The topological polar surface area (TPSA) is 43.4 Å². The van der Waals surface area contributed by atoms with Gasteiger partial charge in [-0.05, 0) is 0 Å². The lowest BCUT2D eigenvalue weighted by atomic mass is 10.3. The highest BCUT2D eigenvalue weighted by atomic mass is 19.4. The van der Waals surface area contributed by atoms with Gasteiger partial charge in [-0.25, -0.2) is 0 Å². The number of carbonyl (C=O) groups excluding carboxylic acids is 2. The molecule has 0 aliphatic rings. The highest BCUT2D eigenvalue weighted by Crippen LogP contribution is 2.47. The lowest BCUT2D eigenvalue weighted by molar-refractivity contribution is -0.412. The largest absolute Gasteiger partial charge is 0.476 e. The first-order valence-corrected chi connectivity index (χ1v) is 3.54. The van der Waals surface area contributed by atoms with Crippen LogP contribution in [0.25, 0.3) is 0 Å². The molecule has 0 heterocycles. The Morgan fingerprint density at radius 1 is 0.941 bits per heavy atom. The van der Waals surface area contributed by atoms with Crippen LogP contribution >= 0.6 is 0 Å². The van der Waals surface area contributed by atoms with Crippen molar-refractivity contribution in [2.75, 3.05) is 0 Å². The summed E-state index contributed by atoms with van der Waals surface area (Å²) >= 11 is 0. The predicted molar refractivity (Wildman–Crippen MR) is 32.8 cm³/mol. The SMILES string of the molecule is O=C(F)CC(=O)OC(F)(F)C(F)(F)C(F)(F)F. The van der Waals surface area contributed by atoms with Crippen molar-refractivity contribution in [2.45, 2.75) is 24.6 Å². The van der Waals surface area contributed by atoms with Gasteiger partial charge in [-0.2, -0.15) is 35.1 Å². The van der Waals surface area contributed by atoms with Crippen LogP contribution in [0.3, 0.4) is 0 Å². The average Bonchev–Trinajstić information content (AvgIpc) is 1.97. The van der Waals surface area contributed by atoms with E-state index in [1.54, 1.807) is 0 Å². The average molecular weight is 274 g/mol. The summed E-state index contributed by atoms with van der Waals surface area (Å²) in [5.74, 6) is -9.21. The molecule has 17 heavy (non-hydrogen) atoms. The molecular formula is C6H2F8O3. The van der Waals surface area contributed by atoms with Crippen LogP contribution in [0.4, 0.5) is 35.1 Å². The normalized spacial score (nSPS) is 13.4. The summed E-state index contributed by atoms with van der Waals surface area (Å²) in [5, 5.41) is 0. The highest BCUT2D eigenvalue weighted by Gasteiger charge is 2.76. The van der Waals surface area contributed by atoms with Gasteiger partial charge in [-0.15, -0.1) is 0 Å². The Hall–Kier alpha value is -1.42. The Balaban J connectivity index is 4.91. The molecule has 0 atom stereocenters. The fourth-order valence-corrected chi connectivity index (χ4v) is 0.522. The van der Waals surface area contributed by atoms with Gasteiger partial charge in [0, 0.05) is 0 Å². The van der Waals surface area contributed by atoms with E-state index >= 15 is 0 Å². The Morgan fingerprint density at radius 3 is 1.65 bits per heavy atom. The van der Waals surface area contributed by atoms with E-state index in [0.29, 0.717) is 0 Å². The van der Waals surface area contributed by atoms with Crippen molar-refractivity contribution in [3.8, 4) is 0 Å². The van der Waals surface area contributed by atoms with Gasteiger partial charge in [0.2, 0.25) is 0 Å². The van der Waals surface area contributed by atoms with Crippen LogP contribution in [-0.4, -0.2) is 30.2 Å². The molecule has 0 unspecified atom stereocenters. The fourth-order valence-electron chi connectivity index (χ4n) is 0.522. The summed E-state index contributed by atoms with van der Waals surface area (Å²) in [7, 11) is 0. The van der Waals surface area contributed by atoms with E-state index in [9.17, 15) is 44.7 Å². The number of rotatable bonds is 4. The maximum atomic E-state index is 12.3. The smallest absolute Gasteiger partial charge is 0.396 e. The molecule has 0 saturated carbocycles. The van der Waals surface area contributed by atoms with Crippen molar-refractivity contribution in [1.29, 1.82) is 0 Å². The molecule has 0 saturated heterocycles. The van der Waals surface area contributed by atoms with Crippen LogP contribution in [0.1, 0.15) is 6.42 Å². The second kappa shape index (κ2) is 4.45. The molecule has 0 fully saturated rings. The van der Waals surface area contributed by atoms with Gasteiger partial charge in [0.1, 0.15) is 6.42 Å². The summed E-state index contributed by atoms with van der Waals surface area (Å²) in [5.41, 5.74) is 0. The van der Waals surface area contributed by atoms with Gasteiger partial charge in [-0.3, -0.25) is 9.59 Å². The monoisotopic (exact) mass is 274 g/mol. The summed E-state index contributed by atoms with van der Waals surface area (Å²) in [6.07, 6.45) is -14.9. The number of alkyl halides is 7. The van der Waals surface area contributed by atoms with Crippen LogP contribution < -0.4 is 0 Å². The molecule has 0 aliphatic heterocycles. The Labute approximate surface area is 87.3 Å². The van der Waals surface area contributed by atoms with Crippen LogP contribution in [0.15, 0.2) is 0 Å². The first kappa shape index (κ1) is 15.6. The number of ether oxygens (including phenoxy) is 1. The van der Waals surface area contributed by atoms with E-state index in [1.807, 2.05) is 0 Å². The Bertz CT molecular complexity index is 320. The van der Waals surface area contributed by atoms with E-state index in [4.69, 9.17) is 0 Å². The molecule has 100 valence electrons. The van der Waals surface area contributed by atoms with Crippen LogP contribution in [-0.2, 0) is 14.3 Å². The minimum absolute atomic E-state index is 2.00. The zero-order valence-corrected chi connectivity index (χ0v) is 7.46. The van der Waals surface area contributed by atoms with Crippen molar-refractivity contribution in [2.24, 2.45) is 0 Å². The Morgan fingerprint density at radius 2 is 1.35 bits per heavy atom. The Kier molecular flexibility index (Phi) is 4.08. The summed E-state index contributed by atoms with van der Waals surface area (Å²) in [6, 6.07) is -2.53. The first-order valence-electron chi connectivity index (χ1n) is 3.54. The fraction of sp³-hybridized carbons (Fsp3) is 0.667. The van der Waals surface area contributed by atoms with Crippen molar-refractivity contribution in [3.63, 3.8) is 0 Å². The molecule has 0 aliphatic carbocycles. The van der Waals surface area contributed by atoms with Crippen molar-refractivity contribution >= 4 is 12.0 Å². The molecule has 0 radical (unpaired) electrons. The molecule has 0 aromatic rings. The van der Waals surface area contributed by atoms with Gasteiger partial charge in [0.25, 0.3) is 0 Å². The van der Waals surface area contributed by atoms with Gasteiger partial charge < -0.3 is 4.74 Å². The van der Waals surface area contributed by atoms with E-state index in [1.165, 1.54) is 0 Å². The van der Waals surface area contributed by atoms with E-state index in [-0.39, 0.29) is 0 Å². The first-order chi connectivity index (χ1) is 7.31. The highest BCUT2D eigenvalue weighted by molar-refractivity contribution is 5.90. The van der Waals surface area contributed by atoms with Crippen molar-refractivity contribution < 1.29 is 49.4 Å². The number of hydrogen-bond acceptors (Lipinski definition) is 3. The zero-order valence-electron chi connectivity index (χ0n) is 7.46. The minimum atomic E-state index is -6.68. The minimum Gasteiger partial charge on any atom is -0.396 e. The number of esters is 1. The van der Waals surface area contributed by atoms with Crippen LogP contribution in [0, 0.1) is 0 Å². The molecule has 0 aromatic heterocycles. The van der Waals surface area contributed by atoms with Crippen molar-refractivity contribution in [1.82, 2.24) is 0 Å². The van der Waals surface area contributed by atoms with Crippen LogP contribution in [0.2, 0.25) is 0 Å². The van der Waals surface area contributed by atoms with Gasteiger partial charge in [-0.1, -0.05) is 0 Å². The molecule has 11 heteroatoms. The molecule has 0 rings (SSSR count).